The van der Waals surface area contributed by atoms with Gasteiger partial charge in [0.25, 0.3) is 0 Å². The molecule has 1 saturated heterocycles. The summed E-state index contributed by atoms with van der Waals surface area (Å²) in [6.07, 6.45) is 2.22. The maximum atomic E-state index is 12.6. The van der Waals surface area contributed by atoms with Gasteiger partial charge in [0.15, 0.2) is 5.82 Å². The molecule has 150 valence electrons. The number of hydrogen-bond acceptors (Lipinski definition) is 4. The van der Waals surface area contributed by atoms with Gasteiger partial charge in [-0.1, -0.05) is 60.2 Å². The molecule has 0 bridgehead atoms. The first-order chi connectivity index (χ1) is 14.2. The van der Waals surface area contributed by atoms with Gasteiger partial charge in [-0.25, -0.2) is 4.98 Å². The van der Waals surface area contributed by atoms with E-state index in [-0.39, 0.29) is 11.9 Å². The van der Waals surface area contributed by atoms with Gasteiger partial charge in [-0.2, -0.15) is 5.10 Å². The normalized spacial score (nSPS) is 17.3. The number of carbonyl (C=O) groups is 1. The first-order valence-electron chi connectivity index (χ1n) is 10.2. The topological polar surface area (TPSA) is 73.9 Å². The summed E-state index contributed by atoms with van der Waals surface area (Å²) in [5.74, 6) is 1.62. The van der Waals surface area contributed by atoms with E-state index in [1.54, 1.807) is 0 Å². The number of rotatable bonds is 7. The summed E-state index contributed by atoms with van der Waals surface area (Å²) >= 11 is 0. The molecule has 2 aromatic carbocycles. The number of aromatic nitrogens is 3. The van der Waals surface area contributed by atoms with Crippen molar-refractivity contribution in [2.24, 2.45) is 0 Å². The molecular formula is C23H27N5O. The van der Waals surface area contributed by atoms with Gasteiger partial charge in [-0.05, 0) is 24.5 Å². The van der Waals surface area contributed by atoms with Crippen LogP contribution in [0.25, 0.3) is 0 Å². The molecule has 1 aliphatic heterocycles. The van der Waals surface area contributed by atoms with Crippen LogP contribution in [0.5, 0.6) is 0 Å². The van der Waals surface area contributed by atoms with Crippen LogP contribution in [-0.2, 0) is 30.6 Å². The minimum atomic E-state index is -0.236. The number of amides is 1. The molecule has 3 aromatic rings. The lowest BCUT2D eigenvalue weighted by molar-refractivity contribution is -0.129. The Morgan fingerprint density at radius 1 is 1.03 bits per heavy atom. The number of piperazine rings is 1. The van der Waals surface area contributed by atoms with E-state index in [2.05, 4.69) is 68.7 Å². The number of carbonyl (C=O) groups excluding carboxylic acids is 1. The van der Waals surface area contributed by atoms with Crippen molar-refractivity contribution in [2.45, 2.75) is 38.8 Å². The second kappa shape index (κ2) is 9.01. The molecule has 6 nitrogen and oxygen atoms in total. The molecule has 0 saturated carbocycles. The van der Waals surface area contributed by atoms with Gasteiger partial charge in [0, 0.05) is 32.5 Å². The Hall–Kier alpha value is -2.99. The van der Waals surface area contributed by atoms with Crippen molar-refractivity contribution in [2.75, 3.05) is 13.1 Å². The molecule has 4 rings (SSSR count). The minimum Gasteiger partial charge on any atom is -0.353 e. The van der Waals surface area contributed by atoms with Crippen LogP contribution in [0.4, 0.5) is 0 Å². The highest BCUT2D eigenvalue weighted by atomic mass is 16.2. The highest BCUT2D eigenvalue weighted by Gasteiger charge is 2.30. The zero-order valence-electron chi connectivity index (χ0n) is 16.8. The standard InChI is InChI=1S/C23H27N5O/c1-17-7-9-19(10-8-17)16-28-14-13-24-23(29)20(28)15-22-25-21(26-27-22)12-11-18-5-3-2-4-6-18/h2-10,20H,11-16H2,1H3,(H,24,29)(H,25,26,27)/t20-/m0/s1. The summed E-state index contributed by atoms with van der Waals surface area (Å²) in [5, 5.41) is 10.4. The molecule has 1 aliphatic rings. The van der Waals surface area contributed by atoms with Gasteiger partial charge in [0.05, 0.1) is 6.04 Å². The second-order valence-corrected chi connectivity index (χ2v) is 7.65. The smallest absolute Gasteiger partial charge is 0.237 e. The highest BCUT2D eigenvalue weighted by molar-refractivity contribution is 5.82. The summed E-state index contributed by atoms with van der Waals surface area (Å²) in [6.45, 7) is 4.35. The lowest BCUT2D eigenvalue weighted by Gasteiger charge is -2.34. The molecule has 2 N–H and O–H groups in total. The maximum Gasteiger partial charge on any atom is 0.237 e. The van der Waals surface area contributed by atoms with Crippen LogP contribution in [0.1, 0.15) is 28.3 Å². The van der Waals surface area contributed by atoms with Gasteiger partial charge in [-0.3, -0.25) is 14.8 Å². The monoisotopic (exact) mass is 389 g/mol. The number of hydrogen-bond donors (Lipinski definition) is 2. The Morgan fingerprint density at radius 3 is 2.62 bits per heavy atom. The minimum absolute atomic E-state index is 0.0607. The van der Waals surface area contributed by atoms with Crippen molar-refractivity contribution < 1.29 is 4.79 Å². The quantitative estimate of drug-likeness (QED) is 0.651. The van der Waals surface area contributed by atoms with E-state index >= 15 is 0 Å². The molecule has 1 aromatic heterocycles. The van der Waals surface area contributed by atoms with Gasteiger partial charge in [0.1, 0.15) is 5.82 Å². The zero-order valence-corrected chi connectivity index (χ0v) is 16.8. The second-order valence-electron chi connectivity index (χ2n) is 7.65. The van der Waals surface area contributed by atoms with Gasteiger partial charge < -0.3 is 5.32 Å². The third kappa shape index (κ3) is 5.09. The van der Waals surface area contributed by atoms with Crippen LogP contribution in [0.2, 0.25) is 0 Å². The van der Waals surface area contributed by atoms with E-state index in [0.29, 0.717) is 13.0 Å². The first kappa shape index (κ1) is 19.3. The van der Waals surface area contributed by atoms with Crippen LogP contribution in [0.15, 0.2) is 54.6 Å². The van der Waals surface area contributed by atoms with Gasteiger partial charge >= 0.3 is 0 Å². The van der Waals surface area contributed by atoms with Crippen molar-refractivity contribution >= 4 is 5.91 Å². The van der Waals surface area contributed by atoms with E-state index in [9.17, 15) is 4.79 Å². The SMILES string of the molecule is Cc1ccc(CN2CCNC(=O)[C@@H]2Cc2nc(CCc3ccccc3)n[nH]2)cc1. The van der Waals surface area contributed by atoms with Crippen LogP contribution in [-0.4, -0.2) is 45.1 Å². The molecule has 1 amide bonds. The predicted molar refractivity (Wildman–Crippen MR) is 112 cm³/mol. The molecule has 29 heavy (non-hydrogen) atoms. The summed E-state index contributed by atoms with van der Waals surface area (Å²) in [5.41, 5.74) is 3.73. The molecular weight excluding hydrogens is 362 g/mol. The molecule has 2 heterocycles. The molecule has 1 fully saturated rings. The van der Waals surface area contributed by atoms with Crippen LogP contribution in [0, 0.1) is 6.92 Å². The zero-order chi connectivity index (χ0) is 20.1. The highest BCUT2D eigenvalue weighted by Crippen LogP contribution is 2.15. The average molecular weight is 390 g/mol. The molecule has 6 heteroatoms. The van der Waals surface area contributed by atoms with Crippen molar-refractivity contribution in [3.63, 3.8) is 0 Å². The van der Waals surface area contributed by atoms with Crippen LogP contribution < -0.4 is 5.32 Å². The van der Waals surface area contributed by atoms with Crippen molar-refractivity contribution in [3.05, 3.63) is 82.9 Å². The summed E-state index contributed by atoms with van der Waals surface area (Å²) < 4.78 is 0. The molecule has 0 aliphatic carbocycles. The fourth-order valence-electron chi connectivity index (χ4n) is 3.72. The number of H-pyrrole nitrogens is 1. The van der Waals surface area contributed by atoms with E-state index in [1.165, 1.54) is 16.7 Å². The van der Waals surface area contributed by atoms with Crippen LogP contribution in [0.3, 0.4) is 0 Å². The Bertz CT molecular complexity index is 935. The number of aryl methyl sites for hydroxylation is 3. The number of benzene rings is 2. The third-order valence-corrected chi connectivity index (χ3v) is 5.39. The first-order valence-corrected chi connectivity index (χ1v) is 10.2. The molecule has 0 unspecified atom stereocenters. The van der Waals surface area contributed by atoms with Crippen LogP contribution >= 0.6 is 0 Å². The summed E-state index contributed by atoms with van der Waals surface area (Å²) in [6, 6.07) is 18.6. The third-order valence-electron chi connectivity index (χ3n) is 5.39. The van der Waals surface area contributed by atoms with E-state index < -0.39 is 0 Å². The average Bonchev–Trinajstić information content (AvgIpc) is 3.19. The van der Waals surface area contributed by atoms with E-state index in [0.717, 1.165) is 37.6 Å². The summed E-state index contributed by atoms with van der Waals surface area (Å²) in [7, 11) is 0. The number of nitrogens with zero attached hydrogens (tertiary/aromatic N) is 3. The lowest BCUT2D eigenvalue weighted by Crippen LogP contribution is -2.55. The largest absolute Gasteiger partial charge is 0.353 e. The Labute approximate surface area is 171 Å². The van der Waals surface area contributed by atoms with Gasteiger partial charge in [0.2, 0.25) is 5.91 Å². The van der Waals surface area contributed by atoms with Crippen molar-refractivity contribution in [3.8, 4) is 0 Å². The fraction of sp³-hybridized carbons (Fsp3) is 0.348. The Kier molecular flexibility index (Phi) is 6.00. The van der Waals surface area contributed by atoms with Gasteiger partial charge in [-0.15, -0.1) is 0 Å². The maximum absolute atomic E-state index is 12.6. The predicted octanol–water partition coefficient (Wildman–Crippen LogP) is 2.44. The fourth-order valence-corrected chi connectivity index (χ4v) is 3.72. The Morgan fingerprint density at radius 2 is 1.83 bits per heavy atom. The van der Waals surface area contributed by atoms with E-state index in [1.807, 2.05) is 18.2 Å². The van der Waals surface area contributed by atoms with E-state index in [4.69, 9.17) is 0 Å². The molecule has 0 spiro atoms. The van der Waals surface area contributed by atoms with Crippen molar-refractivity contribution in [1.29, 1.82) is 0 Å². The molecule has 0 radical (unpaired) electrons. The Balaban J connectivity index is 1.40. The van der Waals surface area contributed by atoms with Crippen molar-refractivity contribution in [1.82, 2.24) is 25.4 Å². The number of nitrogens with one attached hydrogen (secondary N) is 2. The summed E-state index contributed by atoms with van der Waals surface area (Å²) in [4.78, 5) is 19.4. The lowest BCUT2D eigenvalue weighted by atomic mass is 10.1. The molecule has 1 atom stereocenters. The number of aromatic amines is 1.